The Balaban J connectivity index is 1.37. The van der Waals surface area contributed by atoms with Crippen LogP contribution >= 0.6 is 0 Å². The normalized spacial score (nSPS) is 17.9. The van der Waals surface area contributed by atoms with E-state index in [1.807, 2.05) is 24.3 Å². The van der Waals surface area contributed by atoms with Crippen LogP contribution in [0.5, 0.6) is 0 Å². The number of carbonyl (C=O) groups excluding carboxylic acids is 2. The van der Waals surface area contributed by atoms with Gasteiger partial charge in [-0.05, 0) is 75.1 Å². The third-order valence-corrected chi connectivity index (χ3v) is 6.98. The molecule has 2 N–H and O–H groups in total. The molecule has 0 bridgehead atoms. The molecule has 0 spiro atoms. The number of likely N-dealkylation sites (tertiary alicyclic amines) is 1. The Bertz CT molecular complexity index is 1100. The van der Waals surface area contributed by atoms with Crippen LogP contribution in [-0.2, 0) is 14.3 Å². The van der Waals surface area contributed by atoms with Gasteiger partial charge in [0, 0.05) is 18.5 Å². The quantitative estimate of drug-likeness (QED) is 0.508. The molecule has 8 heteroatoms. The van der Waals surface area contributed by atoms with Gasteiger partial charge >= 0.3 is 18.2 Å². The van der Waals surface area contributed by atoms with E-state index < -0.39 is 23.7 Å². The van der Waals surface area contributed by atoms with Gasteiger partial charge < -0.3 is 24.8 Å². The van der Waals surface area contributed by atoms with E-state index in [1.54, 1.807) is 25.7 Å². The predicted octanol–water partition coefficient (Wildman–Crippen LogP) is 5.55. The molecule has 1 saturated heterocycles. The molecule has 1 aliphatic heterocycles. The van der Waals surface area contributed by atoms with Gasteiger partial charge in [0.15, 0.2) is 0 Å². The first-order chi connectivity index (χ1) is 17.6. The number of nitrogens with zero attached hydrogens (tertiary/aromatic N) is 1. The molecule has 2 atom stereocenters. The lowest BCUT2D eigenvalue weighted by molar-refractivity contribution is -0.139. The van der Waals surface area contributed by atoms with Crippen molar-refractivity contribution in [2.75, 3.05) is 13.2 Å². The number of piperidine rings is 1. The van der Waals surface area contributed by atoms with Crippen molar-refractivity contribution < 1.29 is 29.0 Å². The van der Waals surface area contributed by atoms with Crippen LogP contribution in [0.3, 0.4) is 0 Å². The maximum absolute atomic E-state index is 13.2. The Morgan fingerprint density at radius 2 is 1.65 bits per heavy atom. The lowest BCUT2D eigenvalue weighted by Crippen LogP contribution is -2.47. The van der Waals surface area contributed by atoms with Crippen molar-refractivity contribution in [3.8, 4) is 11.1 Å². The first-order valence-electron chi connectivity index (χ1n) is 13.0. The standard InChI is InChI=1S/C29H36N2O6/c1-29(2,3)37-27(34)30-25(26(32)33)16-15-19-10-8-9-17-31(19)28(35)36-18-24-22-13-6-4-11-20(22)21-12-5-7-14-23(21)24/h4-7,11-14,19,24-25H,8-10,15-18H2,1-3H3,(H,30,34)(H,32,33). The fourth-order valence-corrected chi connectivity index (χ4v) is 5.28. The summed E-state index contributed by atoms with van der Waals surface area (Å²) in [5.74, 6) is -1.15. The second kappa shape index (κ2) is 11.2. The zero-order valence-corrected chi connectivity index (χ0v) is 21.7. The lowest BCUT2D eigenvalue weighted by atomic mass is 9.96. The van der Waals surface area contributed by atoms with E-state index in [2.05, 4.69) is 29.6 Å². The molecule has 4 rings (SSSR count). The van der Waals surface area contributed by atoms with E-state index in [9.17, 15) is 19.5 Å². The molecule has 0 radical (unpaired) electrons. The van der Waals surface area contributed by atoms with E-state index in [-0.39, 0.29) is 31.1 Å². The van der Waals surface area contributed by atoms with Crippen molar-refractivity contribution in [1.82, 2.24) is 10.2 Å². The van der Waals surface area contributed by atoms with E-state index in [4.69, 9.17) is 9.47 Å². The first-order valence-corrected chi connectivity index (χ1v) is 13.0. The van der Waals surface area contributed by atoms with Crippen molar-refractivity contribution in [2.45, 2.75) is 76.5 Å². The number of fused-ring (bicyclic) bond motifs is 3. The number of aliphatic carboxylic acids is 1. The van der Waals surface area contributed by atoms with Crippen LogP contribution in [0.25, 0.3) is 11.1 Å². The summed E-state index contributed by atoms with van der Waals surface area (Å²) in [5, 5.41) is 12.1. The van der Waals surface area contributed by atoms with Crippen molar-refractivity contribution in [2.24, 2.45) is 0 Å². The summed E-state index contributed by atoms with van der Waals surface area (Å²) in [6.45, 7) is 5.97. The molecule has 2 amide bonds. The fourth-order valence-electron chi connectivity index (χ4n) is 5.28. The number of benzene rings is 2. The predicted molar refractivity (Wildman–Crippen MR) is 139 cm³/mol. The van der Waals surface area contributed by atoms with Gasteiger partial charge in [0.1, 0.15) is 18.2 Å². The highest BCUT2D eigenvalue weighted by molar-refractivity contribution is 5.80. The van der Waals surface area contributed by atoms with Crippen LogP contribution < -0.4 is 5.32 Å². The number of hydrogen-bond donors (Lipinski definition) is 2. The van der Waals surface area contributed by atoms with Crippen molar-refractivity contribution in [1.29, 1.82) is 0 Å². The molecule has 2 aromatic rings. The number of carboxylic acid groups (broad SMARTS) is 1. The minimum atomic E-state index is -1.13. The Morgan fingerprint density at radius 1 is 1.03 bits per heavy atom. The molecule has 1 heterocycles. The number of amides is 2. The molecular weight excluding hydrogens is 472 g/mol. The zero-order valence-electron chi connectivity index (χ0n) is 21.7. The van der Waals surface area contributed by atoms with Gasteiger partial charge in [0.2, 0.25) is 0 Å². The molecule has 198 valence electrons. The Morgan fingerprint density at radius 3 is 2.24 bits per heavy atom. The molecule has 1 fully saturated rings. The number of hydrogen-bond acceptors (Lipinski definition) is 5. The summed E-state index contributed by atoms with van der Waals surface area (Å²) in [5.41, 5.74) is 3.94. The highest BCUT2D eigenvalue weighted by Gasteiger charge is 2.33. The summed E-state index contributed by atoms with van der Waals surface area (Å²) in [6.07, 6.45) is 2.08. The minimum Gasteiger partial charge on any atom is -0.480 e. The smallest absolute Gasteiger partial charge is 0.410 e. The van der Waals surface area contributed by atoms with Crippen molar-refractivity contribution in [3.05, 3.63) is 59.7 Å². The third kappa shape index (κ3) is 6.42. The van der Waals surface area contributed by atoms with Gasteiger partial charge in [-0.25, -0.2) is 14.4 Å². The molecular formula is C29H36N2O6. The van der Waals surface area contributed by atoms with Crippen LogP contribution in [-0.4, -0.2) is 59.0 Å². The second-order valence-electron chi connectivity index (χ2n) is 10.8. The van der Waals surface area contributed by atoms with Crippen LogP contribution in [0, 0.1) is 0 Å². The molecule has 0 aromatic heterocycles. The molecule has 1 aliphatic carbocycles. The van der Waals surface area contributed by atoms with E-state index in [0.29, 0.717) is 13.0 Å². The van der Waals surface area contributed by atoms with E-state index in [1.165, 1.54) is 11.1 Å². The first kappa shape index (κ1) is 26.5. The molecule has 2 unspecified atom stereocenters. The van der Waals surface area contributed by atoms with Crippen LogP contribution in [0.2, 0.25) is 0 Å². The van der Waals surface area contributed by atoms with Gasteiger partial charge in [-0.2, -0.15) is 0 Å². The number of carboxylic acids is 1. The number of nitrogens with one attached hydrogen (secondary N) is 1. The summed E-state index contributed by atoms with van der Waals surface area (Å²) in [6, 6.07) is 15.2. The van der Waals surface area contributed by atoms with Crippen molar-refractivity contribution in [3.63, 3.8) is 0 Å². The average molecular weight is 509 g/mol. The van der Waals surface area contributed by atoms with Crippen LogP contribution in [0.15, 0.2) is 48.5 Å². The lowest BCUT2D eigenvalue weighted by Gasteiger charge is -2.35. The third-order valence-electron chi connectivity index (χ3n) is 6.98. The van der Waals surface area contributed by atoms with Crippen LogP contribution in [0.1, 0.15) is 69.9 Å². The molecule has 37 heavy (non-hydrogen) atoms. The highest BCUT2D eigenvalue weighted by Crippen LogP contribution is 2.44. The number of ether oxygens (including phenoxy) is 2. The van der Waals surface area contributed by atoms with Gasteiger partial charge in [-0.15, -0.1) is 0 Å². The Labute approximate surface area is 217 Å². The second-order valence-corrected chi connectivity index (χ2v) is 10.8. The zero-order chi connectivity index (χ0) is 26.6. The fraction of sp³-hybridized carbons (Fsp3) is 0.483. The number of alkyl carbamates (subject to hydrolysis) is 1. The summed E-state index contributed by atoms with van der Waals surface area (Å²) in [7, 11) is 0. The van der Waals surface area contributed by atoms with Gasteiger partial charge in [0.05, 0.1) is 0 Å². The summed E-state index contributed by atoms with van der Waals surface area (Å²) >= 11 is 0. The molecule has 2 aromatic carbocycles. The average Bonchev–Trinajstić information content (AvgIpc) is 3.17. The maximum atomic E-state index is 13.2. The van der Waals surface area contributed by atoms with Gasteiger partial charge in [0.25, 0.3) is 0 Å². The summed E-state index contributed by atoms with van der Waals surface area (Å²) < 4.78 is 11.1. The number of rotatable bonds is 7. The van der Waals surface area contributed by atoms with E-state index >= 15 is 0 Å². The topological polar surface area (TPSA) is 105 Å². The summed E-state index contributed by atoms with van der Waals surface area (Å²) in [4.78, 5) is 38.8. The Kier molecular flexibility index (Phi) is 8.05. The van der Waals surface area contributed by atoms with Gasteiger partial charge in [-0.3, -0.25) is 0 Å². The minimum absolute atomic E-state index is 0.0194. The largest absolute Gasteiger partial charge is 0.480 e. The Hall–Kier alpha value is -3.55. The monoisotopic (exact) mass is 508 g/mol. The molecule has 8 nitrogen and oxygen atoms in total. The van der Waals surface area contributed by atoms with Crippen molar-refractivity contribution >= 4 is 18.2 Å². The van der Waals surface area contributed by atoms with Crippen LogP contribution in [0.4, 0.5) is 9.59 Å². The SMILES string of the molecule is CC(C)(C)OC(=O)NC(CCC1CCCCN1C(=O)OCC1c2ccccc2-c2ccccc21)C(=O)O. The highest BCUT2D eigenvalue weighted by atomic mass is 16.6. The van der Waals surface area contributed by atoms with Gasteiger partial charge in [-0.1, -0.05) is 48.5 Å². The maximum Gasteiger partial charge on any atom is 0.410 e. The molecule has 0 saturated carbocycles. The van der Waals surface area contributed by atoms with E-state index in [0.717, 1.165) is 30.4 Å². The number of carbonyl (C=O) groups is 3. The molecule has 2 aliphatic rings.